The molecule has 1 fully saturated rings. The summed E-state index contributed by atoms with van der Waals surface area (Å²) in [6.07, 6.45) is 0.890. The van der Waals surface area contributed by atoms with Crippen molar-refractivity contribution in [2.24, 2.45) is 11.1 Å². The second-order valence-electron chi connectivity index (χ2n) is 4.60. The van der Waals surface area contributed by atoms with Crippen molar-refractivity contribution >= 4 is 17.8 Å². The summed E-state index contributed by atoms with van der Waals surface area (Å²) in [6, 6.07) is -1.25. The molecule has 2 unspecified atom stereocenters. The van der Waals surface area contributed by atoms with Gasteiger partial charge < -0.3 is 21.5 Å². The standard InChI is InChI=1S/C11H19N3O4/c1-2-11(3-4-13-6-11)10(18)14-7(9(16)17)5-8(12)15/h7,13H,2-6H2,1H3,(H2,12,15)(H,14,18)(H,16,17). The summed E-state index contributed by atoms with van der Waals surface area (Å²) in [7, 11) is 0. The topological polar surface area (TPSA) is 122 Å². The molecule has 0 bridgehead atoms. The number of nitrogens with one attached hydrogen (secondary N) is 2. The summed E-state index contributed by atoms with van der Waals surface area (Å²) in [6.45, 7) is 3.14. The molecule has 1 aliphatic rings. The SMILES string of the molecule is CCC1(C(=O)NC(CC(N)=O)C(=O)O)CCNC1. The highest BCUT2D eigenvalue weighted by atomic mass is 16.4. The lowest BCUT2D eigenvalue weighted by Crippen LogP contribution is -2.50. The van der Waals surface area contributed by atoms with E-state index in [4.69, 9.17) is 10.8 Å². The zero-order chi connectivity index (χ0) is 13.8. The maximum atomic E-state index is 12.1. The van der Waals surface area contributed by atoms with Crippen LogP contribution < -0.4 is 16.4 Å². The van der Waals surface area contributed by atoms with Crippen LogP contribution in [0.15, 0.2) is 0 Å². The van der Waals surface area contributed by atoms with Crippen LogP contribution in [0.5, 0.6) is 0 Å². The van der Waals surface area contributed by atoms with Crippen molar-refractivity contribution in [2.75, 3.05) is 13.1 Å². The minimum absolute atomic E-state index is 0.330. The Bertz CT molecular complexity index is 350. The minimum Gasteiger partial charge on any atom is -0.480 e. The largest absolute Gasteiger partial charge is 0.480 e. The van der Waals surface area contributed by atoms with E-state index in [-0.39, 0.29) is 5.91 Å². The van der Waals surface area contributed by atoms with E-state index in [2.05, 4.69) is 10.6 Å². The molecule has 1 saturated heterocycles. The summed E-state index contributed by atoms with van der Waals surface area (Å²) in [5.74, 6) is -2.33. The molecule has 0 radical (unpaired) electrons. The fourth-order valence-corrected chi connectivity index (χ4v) is 2.11. The first kappa shape index (κ1) is 14.4. The first-order valence-electron chi connectivity index (χ1n) is 5.94. The Morgan fingerprint density at radius 2 is 2.17 bits per heavy atom. The maximum absolute atomic E-state index is 12.1. The van der Waals surface area contributed by atoms with Crippen molar-refractivity contribution in [3.05, 3.63) is 0 Å². The molecule has 0 aliphatic carbocycles. The van der Waals surface area contributed by atoms with Gasteiger partial charge in [-0.15, -0.1) is 0 Å². The van der Waals surface area contributed by atoms with E-state index in [1.807, 2.05) is 6.92 Å². The third kappa shape index (κ3) is 3.19. The van der Waals surface area contributed by atoms with Gasteiger partial charge in [0, 0.05) is 6.54 Å². The summed E-state index contributed by atoms with van der Waals surface area (Å²) >= 11 is 0. The molecule has 1 rings (SSSR count). The number of primary amides is 1. The lowest BCUT2D eigenvalue weighted by Gasteiger charge is -2.27. The minimum atomic E-state index is -1.25. The summed E-state index contributed by atoms with van der Waals surface area (Å²) in [5.41, 5.74) is 4.38. The van der Waals surface area contributed by atoms with E-state index in [0.29, 0.717) is 19.4 Å². The highest BCUT2D eigenvalue weighted by Gasteiger charge is 2.41. The van der Waals surface area contributed by atoms with Crippen molar-refractivity contribution < 1.29 is 19.5 Å². The lowest BCUT2D eigenvalue weighted by atomic mass is 9.83. The Kier molecular flexibility index (Phi) is 4.66. The Balaban J connectivity index is 2.71. The van der Waals surface area contributed by atoms with Gasteiger partial charge in [0.05, 0.1) is 11.8 Å². The number of carbonyl (C=O) groups excluding carboxylic acids is 2. The molecule has 0 aromatic heterocycles. The Hall–Kier alpha value is -1.63. The average molecular weight is 257 g/mol. The van der Waals surface area contributed by atoms with Crippen LogP contribution in [0.2, 0.25) is 0 Å². The average Bonchev–Trinajstić information content (AvgIpc) is 2.77. The molecule has 2 atom stereocenters. The zero-order valence-corrected chi connectivity index (χ0v) is 10.4. The molecule has 2 amide bonds. The number of hydrogen-bond donors (Lipinski definition) is 4. The van der Waals surface area contributed by atoms with Crippen LogP contribution in [0.25, 0.3) is 0 Å². The van der Waals surface area contributed by atoms with Gasteiger partial charge in [-0.25, -0.2) is 4.79 Å². The smallest absolute Gasteiger partial charge is 0.326 e. The van der Waals surface area contributed by atoms with Crippen LogP contribution in [-0.2, 0) is 14.4 Å². The number of carbonyl (C=O) groups is 3. The third-order valence-electron chi connectivity index (χ3n) is 3.41. The summed E-state index contributed by atoms with van der Waals surface area (Å²) < 4.78 is 0. The zero-order valence-electron chi connectivity index (χ0n) is 10.4. The molecule has 0 saturated carbocycles. The second kappa shape index (κ2) is 5.81. The first-order chi connectivity index (χ1) is 8.41. The predicted molar refractivity (Wildman–Crippen MR) is 63.6 cm³/mol. The number of carboxylic acid groups (broad SMARTS) is 1. The van der Waals surface area contributed by atoms with Gasteiger partial charge in [-0.2, -0.15) is 0 Å². The second-order valence-corrected chi connectivity index (χ2v) is 4.60. The van der Waals surface area contributed by atoms with Crippen LogP contribution in [0.1, 0.15) is 26.2 Å². The fourth-order valence-electron chi connectivity index (χ4n) is 2.11. The summed E-state index contributed by atoms with van der Waals surface area (Å²) in [5, 5.41) is 14.4. The number of nitrogens with two attached hydrogens (primary N) is 1. The number of hydrogen-bond acceptors (Lipinski definition) is 4. The van der Waals surface area contributed by atoms with E-state index in [9.17, 15) is 14.4 Å². The highest BCUT2D eigenvalue weighted by molar-refractivity contribution is 5.90. The lowest BCUT2D eigenvalue weighted by molar-refractivity contribution is -0.145. The van der Waals surface area contributed by atoms with Crippen LogP contribution in [0, 0.1) is 5.41 Å². The van der Waals surface area contributed by atoms with Crippen molar-refractivity contribution in [1.82, 2.24) is 10.6 Å². The fraction of sp³-hybridized carbons (Fsp3) is 0.727. The van der Waals surface area contributed by atoms with E-state index in [0.717, 1.165) is 6.54 Å². The Morgan fingerprint density at radius 3 is 2.56 bits per heavy atom. The van der Waals surface area contributed by atoms with Gasteiger partial charge >= 0.3 is 5.97 Å². The van der Waals surface area contributed by atoms with E-state index >= 15 is 0 Å². The van der Waals surface area contributed by atoms with Crippen LogP contribution in [0.3, 0.4) is 0 Å². The molecule has 7 nitrogen and oxygen atoms in total. The maximum Gasteiger partial charge on any atom is 0.326 e. The van der Waals surface area contributed by atoms with Gasteiger partial charge in [-0.05, 0) is 19.4 Å². The predicted octanol–water partition coefficient (Wildman–Crippen LogP) is -1.18. The Labute approximate surface area is 105 Å². The van der Waals surface area contributed by atoms with Gasteiger partial charge in [-0.1, -0.05) is 6.92 Å². The summed E-state index contributed by atoms with van der Waals surface area (Å²) in [4.78, 5) is 33.8. The highest BCUT2D eigenvalue weighted by Crippen LogP contribution is 2.29. The van der Waals surface area contributed by atoms with Crippen LogP contribution in [0.4, 0.5) is 0 Å². The molecule has 18 heavy (non-hydrogen) atoms. The number of aliphatic carboxylic acids is 1. The molecular weight excluding hydrogens is 238 g/mol. The van der Waals surface area contributed by atoms with Gasteiger partial charge in [0.2, 0.25) is 11.8 Å². The normalized spacial score (nSPS) is 24.5. The Morgan fingerprint density at radius 1 is 1.50 bits per heavy atom. The van der Waals surface area contributed by atoms with Gasteiger partial charge in [0.15, 0.2) is 0 Å². The van der Waals surface area contributed by atoms with E-state index in [1.54, 1.807) is 0 Å². The van der Waals surface area contributed by atoms with E-state index in [1.165, 1.54) is 0 Å². The van der Waals surface area contributed by atoms with Crippen molar-refractivity contribution in [2.45, 2.75) is 32.2 Å². The van der Waals surface area contributed by atoms with Crippen LogP contribution in [-0.4, -0.2) is 42.0 Å². The molecule has 1 heterocycles. The monoisotopic (exact) mass is 257 g/mol. The number of carboxylic acids is 1. The van der Waals surface area contributed by atoms with Crippen molar-refractivity contribution in [3.63, 3.8) is 0 Å². The molecule has 7 heteroatoms. The molecule has 0 aromatic carbocycles. The molecule has 0 spiro atoms. The molecule has 5 N–H and O–H groups in total. The molecule has 102 valence electrons. The molecule has 0 aromatic rings. The number of rotatable bonds is 6. The quantitative estimate of drug-likeness (QED) is 0.477. The molecule has 1 aliphatic heterocycles. The first-order valence-corrected chi connectivity index (χ1v) is 5.94. The van der Waals surface area contributed by atoms with Gasteiger partial charge in [0.25, 0.3) is 0 Å². The van der Waals surface area contributed by atoms with Crippen molar-refractivity contribution in [1.29, 1.82) is 0 Å². The van der Waals surface area contributed by atoms with Crippen LogP contribution >= 0.6 is 0 Å². The third-order valence-corrected chi connectivity index (χ3v) is 3.41. The van der Waals surface area contributed by atoms with Crippen molar-refractivity contribution in [3.8, 4) is 0 Å². The number of amides is 2. The molecular formula is C11H19N3O4. The van der Waals surface area contributed by atoms with Gasteiger partial charge in [0.1, 0.15) is 6.04 Å². The van der Waals surface area contributed by atoms with Gasteiger partial charge in [-0.3, -0.25) is 9.59 Å². The van der Waals surface area contributed by atoms with E-state index < -0.39 is 29.8 Å².